The lowest BCUT2D eigenvalue weighted by atomic mass is 9.85. The van der Waals surface area contributed by atoms with E-state index in [-0.39, 0.29) is 11.7 Å². The maximum atomic E-state index is 12.2. The van der Waals surface area contributed by atoms with Crippen LogP contribution in [0, 0.1) is 0 Å². The number of benzene rings is 2. The van der Waals surface area contributed by atoms with Gasteiger partial charge in [-0.1, -0.05) is 24.3 Å². The van der Waals surface area contributed by atoms with Crippen molar-refractivity contribution in [3.8, 4) is 11.5 Å². The van der Waals surface area contributed by atoms with E-state index in [2.05, 4.69) is 5.32 Å². The molecule has 0 aliphatic heterocycles. The Bertz CT molecular complexity index is 753. The first-order valence-electron chi connectivity index (χ1n) is 7.97. The SMILES string of the molecule is COc1ccc(C2CC(=O)C=C(Nc3ccccc3)C2)cc1OC. The quantitative estimate of drug-likeness (QED) is 0.898. The van der Waals surface area contributed by atoms with Gasteiger partial charge in [-0.25, -0.2) is 0 Å². The van der Waals surface area contributed by atoms with Gasteiger partial charge in [0.25, 0.3) is 0 Å². The van der Waals surface area contributed by atoms with Crippen LogP contribution in [-0.4, -0.2) is 20.0 Å². The van der Waals surface area contributed by atoms with Crippen molar-refractivity contribution >= 4 is 11.5 Å². The highest BCUT2D eigenvalue weighted by molar-refractivity contribution is 5.92. The number of hydrogen-bond donors (Lipinski definition) is 1. The predicted molar refractivity (Wildman–Crippen MR) is 94.7 cm³/mol. The molecule has 0 bridgehead atoms. The highest BCUT2D eigenvalue weighted by Crippen LogP contribution is 2.36. The third-order valence-corrected chi connectivity index (χ3v) is 4.21. The van der Waals surface area contributed by atoms with Crippen LogP contribution in [0.15, 0.2) is 60.3 Å². The molecule has 2 aromatic carbocycles. The van der Waals surface area contributed by atoms with Crippen molar-refractivity contribution in [2.75, 3.05) is 19.5 Å². The molecule has 1 aliphatic rings. The lowest BCUT2D eigenvalue weighted by Gasteiger charge is -2.24. The monoisotopic (exact) mass is 323 g/mol. The Morgan fingerprint density at radius 2 is 1.71 bits per heavy atom. The average molecular weight is 323 g/mol. The molecule has 0 fully saturated rings. The van der Waals surface area contributed by atoms with Crippen LogP contribution in [0.4, 0.5) is 5.69 Å². The number of ether oxygens (including phenoxy) is 2. The van der Waals surface area contributed by atoms with Crippen LogP contribution in [-0.2, 0) is 4.79 Å². The van der Waals surface area contributed by atoms with Gasteiger partial charge in [-0.2, -0.15) is 0 Å². The Labute approximate surface area is 142 Å². The molecule has 0 spiro atoms. The van der Waals surface area contributed by atoms with E-state index in [1.165, 1.54) is 0 Å². The number of rotatable bonds is 5. The number of methoxy groups -OCH3 is 2. The van der Waals surface area contributed by atoms with Crippen LogP contribution in [0.3, 0.4) is 0 Å². The molecule has 0 aromatic heterocycles. The number of anilines is 1. The molecule has 0 amide bonds. The lowest BCUT2D eigenvalue weighted by Crippen LogP contribution is -2.16. The van der Waals surface area contributed by atoms with Crippen molar-refractivity contribution in [1.82, 2.24) is 0 Å². The molecule has 1 atom stereocenters. The number of carbonyl (C=O) groups is 1. The van der Waals surface area contributed by atoms with Gasteiger partial charge in [0.2, 0.25) is 0 Å². The van der Waals surface area contributed by atoms with Crippen LogP contribution < -0.4 is 14.8 Å². The zero-order valence-electron chi connectivity index (χ0n) is 13.9. The summed E-state index contributed by atoms with van der Waals surface area (Å²) in [7, 11) is 3.24. The Hall–Kier alpha value is -2.75. The van der Waals surface area contributed by atoms with Crippen molar-refractivity contribution in [2.24, 2.45) is 0 Å². The molecule has 0 heterocycles. The summed E-state index contributed by atoms with van der Waals surface area (Å²) in [5.74, 6) is 1.66. The third-order valence-electron chi connectivity index (χ3n) is 4.21. The van der Waals surface area contributed by atoms with Crippen LogP contribution in [0.1, 0.15) is 24.3 Å². The summed E-state index contributed by atoms with van der Waals surface area (Å²) < 4.78 is 10.7. The highest BCUT2D eigenvalue weighted by Gasteiger charge is 2.23. The zero-order valence-corrected chi connectivity index (χ0v) is 13.9. The second kappa shape index (κ2) is 7.21. The Morgan fingerprint density at radius 3 is 2.42 bits per heavy atom. The summed E-state index contributed by atoms with van der Waals surface area (Å²) in [6, 6.07) is 15.8. The van der Waals surface area contributed by atoms with E-state index in [9.17, 15) is 4.79 Å². The number of hydrogen-bond acceptors (Lipinski definition) is 4. The first kappa shape index (κ1) is 16.1. The zero-order chi connectivity index (χ0) is 16.9. The van der Waals surface area contributed by atoms with Gasteiger partial charge in [-0.15, -0.1) is 0 Å². The number of nitrogens with one attached hydrogen (secondary N) is 1. The van der Waals surface area contributed by atoms with E-state index in [0.29, 0.717) is 17.9 Å². The molecule has 0 radical (unpaired) electrons. The molecule has 0 saturated carbocycles. The van der Waals surface area contributed by atoms with E-state index in [4.69, 9.17) is 9.47 Å². The van der Waals surface area contributed by atoms with E-state index < -0.39 is 0 Å². The number of carbonyl (C=O) groups excluding carboxylic acids is 1. The van der Waals surface area contributed by atoms with Crippen molar-refractivity contribution in [3.63, 3.8) is 0 Å². The Kier molecular flexibility index (Phi) is 4.85. The standard InChI is InChI=1S/C20H21NO3/c1-23-19-9-8-14(12-20(19)24-2)15-10-17(13-18(22)11-15)21-16-6-4-3-5-7-16/h3-9,12-13,15,21H,10-11H2,1-2H3. The van der Waals surface area contributed by atoms with E-state index in [1.54, 1.807) is 20.3 Å². The molecule has 0 saturated heterocycles. The Balaban J connectivity index is 1.80. The van der Waals surface area contributed by atoms with Crippen molar-refractivity contribution < 1.29 is 14.3 Å². The molecule has 1 unspecified atom stereocenters. The molecule has 124 valence electrons. The molecule has 1 N–H and O–H groups in total. The maximum absolute atomic E-state index is 12.2. The van der Waals surface area contributed by atoms with Crippen molar-refractivity contribution in [1.29, 1.82) is 0 Å². The summed E-state index contributed by atoms with van der Waals surface area (Å²) in [5.41, 5.74) is 3.02. The minimum Gasteiger partial charge on any atom is -0.493 e. The highest BCUT2D eigenvalue weighted by atomic mass is 16.5. The summed E-state index contributed by atoms with van der Waals surface area (Å²) in [5, 5.41) is 3.35. The van der Waals surface area contributed by atoms with Crippen LogP contribution >= 0.6 is 0 Å². The average Bonchev–Trinajstić information content (AvgIpc) is 2.61. The first-order chi connectivity index (χ1) is 11.7. The predicted octanol–water partition coefficient (Wildman–Crippen LogP) is 4.15. The molecule has 4 heteroatoms. The largest absolute Gasteiger partial charge is 0.493 e. The second-order valence-electron chi connectivity index (χ2n) is 5.85. The molecular weight excluding hydrogens is 302 g/mol. The maximum Gasteiger partial charge on any atom is 0.160 e. The molecular formula is C20H21NO3. The lowest BCUT2D eigenvalue weighted by molar-refractivity contribution is -0.115. The smallest absolute Gasteiger partial charge is 0.160 e. The Morgan fingerprint density at radius 1 is 0.958 bits per heavy atom. The van der Waals surface area contributed by atoms with Crippen molar-refractivity contribution in [2.45, 2.75) is 18.8 Å². The topological polar surface area (TPSA) is 47.6 Å². The van der Waals surface area contributed by atoms with Gasteiger partial charge in [0.15, 0.2) is 17.3 Å². The van der Waals surface area contributed by atoms with E-state index in [0.717, 1.165) is 23.4 Å². The van der Waals surface area contributed by atoms with Gasteiger partial charge < -0.3 is 14.8 Å². The summed E-state index contributed by atoms with van der Waals surface area (Å²) in [6.07, 6.45) is 3.01. The van der Waals surface area contributed by atoms with Gasteiger partial charge in [-0.3, -0.25) is 4.79 Å². The van der Waals surface area contributed by atoms with Gasteiger partial charge >= 0.3 is 0 Å². The summed E-state index contributed by atoms with van der Waals surface area (Å²) in [6.45, 7) is 0. The van der Waals surface area contributed by atoms with Crippen LogP contribution in [0.25, 0.3) is 0 Å². The third kappa shape index (κ3) is 3.59. The van der Waals surface area contributed by atoms with Crippen molar-refractivity contribution in [3.05, 3.63) is 65.9 Å². The van der Waals surface area contributed by atoms with Gasteiger partial charge in [-0.05, 0) is 42.2 Å². The molecule has 4 nitrogen and oxygen atoms in total. The molecule has 3 rings (SSSR count). The van der Waals surface area contributed by atoms with Crippen LogP contribution in [0.5, 0.6) is 11.5 Å². The molecule has 24 heavy (non-hydrogen) atoms. The normalized spacial score (nSPS) is 17.2. The van der Waals surface area contributed by atoms with E-state index in [1.807, 2.05) is 48.5 Å². The molecule has 2 aromatic rings. The minimum atomic E-state index is 0.133. The number of allylic oxidation sites excluding steroid dienone is 2. The van der Waals surface area contributed by atoms with Gasteiger partial charge in [0, 0.05) is 23.9 Å². The molecule has 1 aliphatic carbocycles. The minimum absolute atomic E-state index is 0.133. The fourth-order valence-corrected chi connectivity index (χ4v) is 3.03. The fraction of sp³-hybridized carbons (Fsp3) is 0.250. The first-order valence-corrected chi connectivity index (χ1v) is 7.97. The second-order valence-corrected chi connectivity index (χ2v) is 5.85. The summed E-state index contributed by atoms with van der Waals surface area (Å²) >= 11 is 0. The number of para-hydroxylation sites is 1. The summed E-state index contributed by atoms with van der Waals surface area (Å²) in [4.78, 5) is 12.2. The van der Waals surface area contributed by atoms with Gasteiger partial charge in [0.1, 0.15) is 0 Å². The van der Waals surface area contributed by atoms with Gasteiger partial charge in [0.05, 0.1) is 14.2 Å². The van der Waals surface area contributed by atoms with Crippen LogP contribution in [0.2, 0.25) is 0 Å². The number of ketones is 1. The fourth-order valence-electron chi connectivity index (χ4n) is 3.03. The van der Waals surface area contributed by atoms with E-state index >= 15 is 0 Å².